The van der Waals surface area contributed by atoms with Crippen molar-refractivity contribution in [2.24, 2.45) is 5.73 Å². The second kappa shape index (κ2) is 6.86. The minimum absolute atomic E-state index is 0.155. The Morgan fingerprint density at radius 1 is 1.44 bits per heavy atom. The number of nitrogens with two attached hydrogens (primary N) is 1. The predicted molar refractivity (Wildman–Crippen MR) is 67.6 cm³/mol. The van der Waals surface area contributed by atoms with Crippen LogP contribution in [0.15, 0.2) is 18.2 Å². The molecule has 0 spiro atoms. The maximum absolute atomic E-state index is 11.0. The number of phenols is 1. The molecule has 1 atom stereocenters. The molecule has 1 aromatic rings. The van der Waals surface area contributed by atoms with Crippen molar-refractivity contribution < 1.29 is 19.4 Å². The van der Waals surface area contributed by atoms with Gasteiger partial charge in [-0.15, -0.1) is 0 Å². The zero-order valence-electron chi connectivity index (χ0n) is 10.7. The second-order valence-corrected chi connectivity index (χ2v) is 4.07. The third kappa shape index (κ3) is 4.25. The molecule has 0 heterocycles. The number of hydrogen-bond donors (Lipinski definition) is 2. The number of carbonyl (C=O) groups excluding carboxylic acids is 1. The topological polar surface area (TPSA) is 81.8 Å². The summed E-state index contributed by atoms with van der Waals surface area (Å²) in [5.74, 6) is 0.478. The van der Waals surface area contributed by atoms with Crippen LogP contribution in [0.1, 0.15) is 18.4 Å². The monoisotopic (exact) mass is 253 g/mol. The first-order valence-corrected chi connectivity index (χ1v) is 5.75. The lowest BCUT2D eigenvalue weighted by Gasteiger charge is -2.12. The number of carbonyl (C=O) groups is 1. The number of phenolic OH excluding ortho intramolecular Hbond substituents is 1. The van der Waals surface area contributed by atoms with Gasteiger partial charge >= 0.3 is 5.97 Å². The molecule has 0 fully saturated rings. The largest absolute Gasteiger partial charge is 0.508 e. The highest BCUT2D eigenvalue weighted by Gasteiger charge is 2.11. The van der Waals surface area contributed by atoms with Crippen LogP contribution >= 0.6 is 0 Å². The standard InChI is InChI=1S/C13H19NO4/c1-17-11-5-3-9(12(15)8-11)7-10(14)4-6-13(16)18-2/h3,5,8,10,15H,4,6-7,14H2,1-2H3. The fraction of sp³-hybridized carbons (Fsp3) is 0.462. The van der Waals surface area contributed by atoms with Crippen LogP contribution in [0.2, 0.25) is 0 Å². The third-order valence-electron chi connectivity index (χ3n) is 2.72. The average Bonchev–Trinajstić information content (AvgIpc) is 2.38. The van der Waals surface area contributed by atoms with Crippen molar-refractivity contribution in [1.82, 2.24) is 0 Å². The highest BCUT2D eigenvalue weighted by molar-refractivity contribution is 5.69. The van der Waals surface area contributed by atoms with Crippen LogP contribution in [0.5, 0.6) is 11.5 Å². The van der Waals surface area contributed by atoms with Gasteiger partial charge in [-0.2, -0.15) is 0 Å². The second-order valence-electron chi connectivity index (χ2n) is 4.07. The van der Waals surface area contributed by atoms with Gasteiger partial charge in [0.1, 0.15) is 11.5 Å². The van der Waals surface area contributed by atoms with E-state index in [1.54, 1.807) is 18.2 Å². The number of rotatable bonds is 6. The van der Waals surface area contributed by atoms with Crippen LogP contribution in [0.4, 0.5) is 0 Å². The lowest BCUT2D eigenvalue weighted by atomic mass is 10.0. The first kappa shape index (κ1) is 14.3. The van der Waals surface area contributed by atoms with Crippen LogP contribution < -0.4 is 10.5 Å². The van der Waals surface area contributed by atoms with Crippen molar-refractivity contribution in [3.63, 3.8) is 0 Å². The number of esters is 1. The van der Waals surface area contributed by atoms with Gasteiger partial charge < -0.3 is 20.3 Å². The van der Waals surface area contributed by atoms with Crippen molar-refractivity contribution in [1.29, 1.82) is 0 Å². The zero-order valence-corrected chi connectivity index (χ0v) is 10.7. The molecule has 3 N–H and O–H groups in total. The van der Waals surface area contributed by atoms with Crippen molar-refractivity contribution in [2.45, 2.75) is 25.3 Å². The molecule has 0 aliphatic rings. The maximum Gasteiger partial charge on any atom is 0.305 e. The Kier molecular flexibility index (Phi) is 5.45. The summed E-state index contributed by atoms with van der Waals surface area (Å²) in [5, 5.41) is 9.77. The number of methoxy groups -OCH3 is 2. The van der Waals surface area contributed by atoms with Gasteiger partial charge in [0.15, 0.2) is 0 Å². The van der Waals surface area contributed by atoms with Gasteiger partial charge in [-0.1, -0.05) is 6.07 Å². The summed E-state index contributed by atoms with van der Waals surface area (Å²) in [6, 6.07) is 4.89. The van der Waals surface area contributed by atoms with Gasteiger partial charge in [0.25, 0.3) is 0 Å². The average molecular weight is 253 g/mol. The van der Waals surface area contributed by atoms with E-state index in [2.05, 4.69) is 4.74 Å². The highest BCUT2D eigenvalue weighted by atomic mass is 16.5. The van der Waals surface area contributed by atoms with Gasteiger partial charge in [0, 0.05) is 18.5 Å². The van der Waals surface area contributed by atoms with Gasteiger partial charge in [0.2, 0.25) is 0 Å². The molecule has 0 aliphatic heterocycles. The minimum Gasteiger partial charge on any atom is -0.508 e. The van der Waals surface area contributed by atoms with Crippen molar-refractivity contribution in [3.05, 3.63) is 23.8 Å². The van der Waals surface area contributed by atoms with E-state index >= 15 is 0 Å². The van der Waals surface area contributed by atoms with E-state index in [9.17, 15) is 9.90 Å². The third-order valence-corrected chi connectivity index (χ3v) is 2.72. The lowest BCUT2D eigenvalue weighted by molar-refractivity contribution is -0.140. The van der Waals surface area contributed by atoms with Crippen molar-refractivity contribution in [3.8, 4) is 11.5 Å². The first-order chi connectivity index (χ1) is 8.56. The number of benzene rings is 1. The normalized spacial score (nSPS) is 11.9. The summed E-state index contributed by atoms with van der Waals surface area (Å²) < 4.78 is 9.54. The Morgan fingerprint density at radius 2 is 2.17 bits per heavy atom. The molecule has 0 amide bonds. The molecular weight excluding hydrogens is 234 g/mol. The van der Waals surface area contributed by atoms with E-state index in [1.165, 1.54) is 14.2 Å². The van der Waals surface area contributed by atoms with E-state index in [0.29, 0.717) is 18.6 Å². The minimum atomic E-state index is -0.274. The molecule has 100 valence electrons. The SMILES string of the molecule is COC(=O)CCC(N)Cc1ccc(OC)cc1O. The van der Waals surface area contributed by atoms with E-state index < -0.39 is 0 Å². The van der Waals surface area contributed by atoms with Gasteiger partial charge in [-0.3, -0.25) is 4.79 Å². The predicted octanol–water partition coefficient (Wildman–Crippen LogP) is 1.22. The number of aromatic hydroxyl groups is 1. The van der Waals surface area contributed by atoms with Crippen LogP contribution in [0.25, 0.3) is 0 Å². The molecule has 0 aromatic heterocycles. The quantitative estimate of drug-likeness (QED) is 0.745. The fourth-order valence-electron chi connectivity index (χ4n) is 1.63. The summed E-state index contributed by atoms with van der Waals surface area (Å²) in [7, 11) is 2.89. The van der Waals surface area contributed by atoms with Crippen molar-refractivity contribution >= 4 is 5.97 Å². The van der Waals surface area contributed by atoms with Gasteiger partial charge in [-0.25, -0.2) is 0 Å². The molecule has 1 rings (SSSR count). The fourth-order valence-corrected chi connectivity index (χ4v) is 1.63. The maximum atomic E-state index is 11.0. The molecule has 0 aliphatic carbocycles. The first-order valence-electron chi connectivity index (χ1n) is 5.75. The Morgan fingerprint density at radius 3 is 2.72 bits per heavy atom. The van der Waals surface area contributed by atoms with E-state index in [4.69, 9.17) is 10.5 Å². The smallest absolute Gasteiger partial charge is 0.305 e. The summed E-state index contributed by atoms with van der Waals surface area (Å²) >= 11 is 0. The molecule has 0 radical (unpaired) electrons. The molecule has 18 heavy (non-hydrogen) atoms. The Bertz CT molecular complexity index is 406. The Labute approximate surface area is 107 Å². The Hall–Kier alpha value is -1.75. The summed E-state index contributed by atoms with van der Waals surface area (Å²) in [5.41, 5.74) is 6.64. The van der Waals surface area contributed by atoms with Crippen molar-refractivity contribution in [2.75, 3.05) is 14.2 Å². The van der Waals surface area contributed by atoms with Crippen LogP contribution in [0.3, 0.4) is 0 Å². The molecule has 5 heteroatoms. The molecule has 1 unspecified atom stereocenters. The van der Waals surface area contributed by atoms with E-state index in [1.807, 2.05) is 0 Å². The lowest BCUT2D eigenvalue weighted by Crippen LogP contribution is -2.24. The van der Waals surface area contributed by atoms with Gasteiger partial charge in [-0.05, 0) is 24.5 Å². The summed E-state index contributed by atoms with van der Waals surface area (Å²) in [6.07, 6.45) is 1.32. The van der Waals surface area contributed by atoms with Crippen LogP contribution in [-0.2, 0) is 16.0 Å². The Balaban J connectivity index is 2.53. The van der Waals surface area contributed by atoms with E-state index in [0.717, 1.165) is 5.56 Å². The molecule has 1 aromatic carbocycles. The highest BCUT2D eigenvalue weighted by Crippen LogP contribution is 2.24. The molecular formula is C13H19NO4. The number of hydrogen-bond acceptors (Lipinski definition) is 5. The molecule has 0 bridgehead atoms. The number of ether oxygens (including phenoxy) is 2. The molecule has 0 saturated heterocycles. The molecule has 0 saturated carbocycles. The van der Waals surface area contributed by atoms with E-state index in [-0.39, 0.29) is 24.2 Å². The molecule has 5 nitrogen and oxygen atoms in total. The zero-order chi connectivity index (χ0) is 13.5. The van der Waals surface area contributed by atoms with Crippen LogP contribution in [-0.4, -0.2) is 31.3 Å². The summed E-state index contributed by atoms with van der Waals surface area (Å²) in [4.78, 5) is 11.0. The van der Waals surface area contributed by atoms with Gasteiger partial charge in [0.05, 0.1) is 14.2 Å². The summed E-state index contributed by atoms with van der Waals surface area (Å²) in [6.45, 7) is 0. The van der Waals surface area contributed by atoms with Crippen LogP contribution in [0, 0.1) is 0 Å².